The van der Waals surface area contributed by atoms with Crippen molar-refractivity contribution >= 4 is 41.0 Å². The fourth-order valence-corrected chi connectivity index (χ4v) is 4.12. The van der Waals surface area contributed by atoms with Crippen molar-refractivity contribution in [2.45, 2.75) is 32.2 Å². The van der Waals surface area contributed by atoms with Crippen molar-refractivity contribution in [2.75, 3.05) is 26.7 Å². The number of hydrogen-bond acceptors (Lipinski definition) is 3. The predicted molar refractivity (Wildman–Crippen MR) is 128 cm³/mol. The van der Waals surface area contributed by atoms with Crippen molar-refractivity contribution < 1.29 is 0 Å². The number of halogens is 1. The van der Waals surface area contributed by atoms with Crippen molar-refractivity contribution in [3.63, 3.8) is 0 Å². The number of aliphatic imine (C=N–C) groups is 1. The van der Waals surface area contributed by atoms with E-state index in [1.54, 1.807) is 0 Å². The topological polar surface area (TPSA) is 63.3 Å². The zero-order valence-electron chi connectivity index (χ0n) is 17.4. The molecule has 1 atom stereocenters. The number of aromatic nitrogens is 4. The molecule has 0 radical (unpaired) electrons. The highest BCUT2D eigenvalue weighted by Gasteiger charge is 2.26. The SMILES string of the molecule is CN=C(NCCCn1c(C)nc2ccccc21)N1CCC(c2cnn(C)c2)C1.I. The van der Waals surface area contributed by atoms with E-state index in [9.17, 15) is 0 Å². The number of likely N-dealkylation sites (tertiary alicyclic amines) is 1. The molecule has 1 fully saturated rings. The predicted octanol–water partition coefficient (Wildman–Crippen LogP) is 3.15. The number of benzene rings is 1. The lowest BCUT2D eigenvalue weighted by Crippen LogP contribution is -2.40. The monoisotopic (exact) mass is 507 g/mol. The molecule has 0 saturated carbocycles. The van der Waals surface area contributed by atoms with Gasteiger partial charge in [0.2, 0.25) is 0 Å². The third-order valence-corrected chi connectivity index (χ3v) is 5.58. The number of para-hydroxylation sites is 2. The molecule has 29 heavy (non-hydrogen) atoms. The van der Waals surface area contributed by atoms with E-state index in [4.69, 9.17) is 0 Å². The van der Waals surface area contributed by atoms with E-state index in [-0.39, 0.29) is 24.0 Å². The summed E-state index contributed by atoms with van der Waals surface area (Å²) in [4.78, 5) is 11.5. The highest BCUT2D eigenvalue weighted by Crippen LogP contribution is 2.26. The van der Waals surface area contributed by atoms with Crippen LogP contribution in [0, 0.1) is 6.92 Å². The summed E-state index contributed by atoms with van der Waals surface area (Å²) in [6, 6.07) is 8.33. The van der Waals surface area contributed by atoms with Crippen LogP contribution >= 0.6 is 24.0 Å². The molecule has 7 nitrogen and oxygen atoms in total. The molecule has 0 aliphatic carbocycles. The van der Waals surface area contributed by atoms with E-state index in [1.807, 2.05) is 31.0 Å². The molecule has 0 bridgehead atoms. The van der Waals surface area contributed by atoms with Gasteiger partial charge in [-0.15, -0.1) is 24.0 Å². The minimum atomic E-state index is 0. The molecule has 3 aromatic rings. The van der Waals surface area contributed by atoms with Crippen molar-refractivity contribution in [3.05, 3.63) is 48.0 Å². The summed E-state index contributed by atoms with van der Waals surface area (Å²) in [6.45, 7) is 5.96. The van der Waals surface area contributed by atoms with Crippen LogP contribution in [0.2, 0.25) is 0 Å². The Balaban J connectivity index is 0.00000240. The zero-order chi connectivity index (χ0) is 19.5. The normalized spacial score (nSPS) is 17.0. The van der Waals surface area contributed by atoms with E-state index in [2.05, 4.69) is 61.2 Å². The van der Waals surface area contributed by atoms with Gasteiger partial charge in [0.25, 0.3) is 0 Å². The standard InChI is InChI=1S/C21H29N7.HI/c1-16-25-19-7-4-5-8-20(19)28(16)11-6-10-23-21(22-2)27-12-9-17(15-27)18-13-24-26(3)14-18;/h4-5,7-8,13-14,17H,6,9-12,15H2,1-3H3,(H,22,23);1H. The Morgan fingerprint density at radius 2 is 2.14 bits per heavy atom. The van der Waals surface area contributed by atoms with Gasteiger partial charge in [-0.3, -0.25) is 9.67 Å². The summed E-state index contributed by atoms with van der Waals surface area (Å²) in [5.74, 6) is 2.61. The van der Waals surface area contributed by atoms with Crippen LogP contribution in [-0.4, -0.2) is 56.9 Å². The van der Waals surface area contributed by atoms with Crippen LogP contribution in [0.4, 0.5) is 0 Å². The summed E-state index contributed by atoms with van der Waals surface area (Å²) in [5, 5.41) is 7.85. The molecular formula is C21H30IN7. The number of nitrogens with zero attached hydrogens (tertiary/aromatic N) is 6. The Bertz CT molecular complexity index is 974. The number of imidazole rings is 1. The maximum Gasteiger partial charge on any atom is 0.193 e. The molecule has 1 aliphatic rings. The lowest BCUT2D eigenvalue weighted by molar-refractivity contribution is 0.482. The number of hydrogen-bond donors (Lipinski definition) is 1. The summed E-state index contributed by atoms with van der Waals surface area (Å²) >= 11 is 0. The molecule has 0 amide bonds. The van der Waals surface area contributed by atoms with E-state index >= 15 is 0 Å². The first-order valence-corrected chi connectivity index (χ1v) is 10.0. The summed E-state index contributed by atoms with van der Waals surface area (Å²) in [5.41, 5.74) is 3.61. The molecule has 2 aromatic heterocycles. The third-order valence-electron chi connectivity index (χ3n) is 5.58. The molecule has 0 spiro atoms. The van der Waals surface area contributed by atoms with Crippen LogP contribution in [-0.2, 0) is 13.6 Å². The quantitative estimate of drug-likeness (QED) is 0.250. The molecule has 156 valence electrons. The van der Waals surface area contributed by atoms with Gasteiger partial charge in [-0.1, -0.05) is 12.1 Å². The Morgan fingerprint density at radius 1 is 1.31 bits per heavy atom. The summed E-state index contributed by atoms with van der Waals surface area (Å²) in [7, 11) is 3.84. The van der Waals surface area contributed by atoms with Crippen LogP contribution < -0.4 is 5.32 Å². The number of fused-ring (bicyclic) bond motifs is 1. The first-order chi connectivity index (χ1) is 13.7. The Hall–Kier alpha value is -2.10. The van der Waals surface area contributed by atoms with E-state index in [0.29, 0.717) is 5.92 Å². The van der Waals surface area contributed by atoms with Gasteiger partial charge in [-0.2, -0.15) is 5.10 Å². The minimum absolute atomic E-state index is 0. The molecule has 1 saturated heterocycles. The Kier molecular flexibility index (Phi) is 7.15. The molecule has 1 N–H and O–H groups in total. The number of guanidine groups is 1. The molecule has 4 rings (SSSR count). The Morgan fingerprint density at radius 3 is 2.90 bits per heavy atom. The Labute approximate surface area is 189 Å². The van der Waals surface area contributed by atoms with Gasteiger partial charge in [0.05, 0.1) is 17.2 Å². The lowest BCUT2D eigenvalue weighted by Gasteiger charge is -2.21. The van der Waals surface area contributed by atoms with Gasteiger partial charge in [-0.25, -0.2) is 4.98 Å². The fourth-order valence-electron chi connectivity index (χ4n) is 4.12. The summed E-state index contributed by atoms with van der Waals surface area (Å²) in [6.07, 6.45) is 6.29. The van der Waals surface area contributed by atoms with Gasteiger partial charge in [0.15, 0.2) is 5.96 Å². The molecule has 8 heteroatoms. The van der Waals surface area contributed by atoms with Crippen molar-refractivity contribution in [3.8, 4) is 0 Å². The minimum Gasteiger partial charge on any atom is -0.356 e. The van der Waals surface area contributed by atoms with Gasteiger partial charge in [0.1, 0.15) is 5.82 Å². The fraction of sp³-hybridized carbons (Fsp3) is 0.476. The third kappa shape index (κ3) is 4.73. The van der Waals surface area contributed by atoms with Crippen LogP contribution in [0.15, 0.2) is 41.7 Å². The van der Waals surface area contributed by atoms with Crippen molar-refractivity contribution in [1.82, 2.24) is 29.5 Å². The second-order valence-corrected chi connectivity index (χ2v) is 7.51. The first-order valence-electron chi connectivity index (χ1n) is 10.0. The largest absolute Gasteiger partial charge is 0.356 e. The van der Waals surface area contributed by atoms with E-state index in [1.165, 1.54) is 11.1 Å². The maximum atomic E-state index is 4.65. The lowest BCUT2D eigenvalue weighted by atomic mass is 10.0. The van der Waals surface area contributed by atoms with E-state index < -0.39 is 0 Å². The van der Waals surface area contributed by atoms with Crippen LogP contribution in [0.25, 0.3) is 11.0 Å². The van der Waals surface area contributed by atoms with Gasteiger partial charge in [-0.05, 0) is 37.5 Å². The second kappa shape index (κ2) is 9.60. The van der Waals surface area contributed by atoms with Crippen LogP contribution in [0.3, 0.4) is 0 Å². The smallest absolute Gasteiger partial charge is 0.193 e. The van der Waals surface area contributed by atoms with Crippen molar-refractivity contribution in [2.24, 2.45) is 12.0 Å². The number of nitrogens with one attached hydrogen (secondary N) is 1. The first kappa shape index (κ1) is 21.6. The average molecular weight is 507 g/mol. The molecular weight excluding hydrogens is 477 g/mol. The van der Waals surface area contributed by atoms with E-state index in [0.717, 1.165) is 56.3 Å². The maximum absolute atomic E-state index is 4.65. The second-order valence-electron chi connectivity index (χ2n) is 7.51. The summed E-state index contributed by atoms with van der Waals surface area (Å²) < 4.78 is 4.18. The number of aryl methyl sites for hydroxylation is 3. The van der Waals surface area contributed by atoms with Crippen molar-refractivity contribution in [1.29, 1.82) is 0 Å². The molecule has 1 unspecified atom stereocenters. The zero-order valence-corrected chi connectivity index (χ0v) is 19.7. The van der Waals surface area contributed by atoms with Crippen LogP contribution in [0.1, 0.15) is 30.1 Å². The van der Waals surface area contributed by atoms with Gasteiger partial charge < -0.3 is 14.8 Å². The highest BCUT2D eigenvalue weighted by atomic mass is 127. The van der Waals surface area contributed by atoms with Gasteiger partial charge >= 0.3 is 0 Å². The highest BCUT2D eigenvalue weighted by molar-refractivity contribution is 14.0. The average Bonchev–Trinajstić information content (AvgIpc) is 3.41. The number of rotatable bonds is 5. The van der Waals surface area contributed by atoms with Gasteiger partial charge in [0, 0.05) is 52.4 Å². The molecule has 1 aromatic carbocycles. The molecule has 1 aliphatic heterocycles. The molecule has 3 heterocycles. The van der Waals surface area contributed by atoms with Crippen LogP contribution in [0.5, 0.6) is 0 Å².